The van der Waals surface area contributed by atoms with E-state index in [0.717, 1.165) is 22.0 Å². The van der Waals surface area contributed by atoms with Crippen LogP contribution in [0.4, 0.5) is 0 Å². The number of aryl methyl sites for hydroxylation is 1. The van der Waals surface area contributed by atoms with Gasteiger partial charge in [0, 0.05) is 42.1 Å². The summed E-state index contributed by atoms with van der Waals surface area (Å²) in [6.45, 7) is 0. The second-order valence-electron chi connectivity index (χ2n) is 4.58. The average Bonchev–Trinajstić information content (AvgIpc) is 2.88. The molecule has 100 valence electrons. The first-order valence-electron chi connectivity index (χ1n) is 6.29. The van der Waals surface area contributed by atoms with Crippen molar-refractivity contribution in [1.29, 1.82) is 0 Å². The summed E-state index contributed by atoms with van der Waals surface area (Å²) in [5.41, 5.74) is 3.41. The third-order valence-corrected chi connectivity index (χ3v) is 3.44. The Morgan fingerprint density at radius 1 is 1.20 bits per heavy atom. The van der Waals surface area contributed by atoms with Crippen molar-refractivity contribution >= 4 is 16.9 Å². The van der Waals surface area contributed by atoms with Crippen LogP contribution in [-0.2, 0) is 11.8 Å². The van der Waals surface area contributed by atoms with E-state index < -0.39 is 0 Å². The number of hydrogen-bond acceptors (Lipinski definition) is 3. The number of rotatable bonds is 2. The molecule has 0 aliphatic rings. The predicted octanol–water partition coefficient (Wildman–Crippen LogP) is 3.03. The SMILES string of the molecule is COC(=O)c1ccncc1-c1cccc2c1ccn2C. The fourth-order valence-electron chi connectivity index (χ4n) is 2.43. The Labute approximate surface area is 116 Å². The molecule has 0 atom stereocenters. The van der Waals surface area contributed by atoms with E-state index in [1.165, 1.54) is 7.11 Å². The summed E-state index contributed by atoms with van der Waals surface area (Å²) in [7, 11) is 3.38. The fraction of sp³-hybridized carbons (Fsp3) is 0.125. The molecule has 4 heteroatoms. The molecule has 20 heavy (non-hydrogen) atoms. The smallest absolute Gasteiger partial charge is 0.338 e. The summed E-state index contributed by atoms with van der Waals surface area (Å²) < 4.78 is 6.89. The van der Waals surface area contributed by atoms with Crippen LogP contribution in [0.25, 0.3) is 22.0 Å². The van der Waals surface area contributed by atoms with Gasteiger partial charge in [0.2, 0.25) is 0 Å². The summed E-state index contributed by atoms with van der Waals surface area (Å²) in [5.74, 6) is -0.352. The Balaban J connectivity index is 2.29. The molecular weight excluding hydrogens is 252 g/mol. The van der Waals surface area contributed by atoms with Crippen LogP contribution < -0.4 is 0 Å². The van der Waals surface area contributed by atoms with Gasteiger partial charge in [0.25, 0.3) is 0 Å². The third-order valence-electron chi connectivity index (χ3n) is 3.44. The van der Waals surface area contributed by atoms with Gasteiger partial charge < -0.3 is 9.30 Å². The van der Waals surface area contributed by atoms with Crippen molar-refractivity contribution in [2.45, 2.75) is 0 Å². The number of benzene rings is 1. The molecule has 2 heterocycles. The van der Waals surface area contributed by atoms with Crippen molar-refractivity contribution in [2.24, 2.45) is 7.05 Å². The molecule has 4 nitrogen and oxygen atoms in total. The summed E-state index contributed by atoms with van der Waals surface area (Å²) in [5, 5.41) is 1.09. The van der Waals surface area contributed by atoms with Gasteiger partial charge in [-0.05, 0) is 23.8 Å². The van der Waals surface area contributed by atoms with Crippen molar-refractivity contribution < 1.29 is 9.53 Å². The first kappa shape index (κ1) is 12.4. The maximum Gasteiger partial charge on any atom is 0.338 e. The lowest BCUT2D eigenvalue weighted by Crippen LogP contribution is -2.04. The molecule has 0 N–H and O–H groups in total. The molecule has 0 aliphatic carbocycles. The van der Waals surface area contributed by atoms with E-state index in [9.17, 15) is 4.79 Å². The van der Waals surface area contributed by atoms with Gasteiger partial charge in [-0.1, -0.05) is 12.1 Å². The Morgan fingerprint density at radius 3 is 2.85 bits per heavy atom. The minimum atomic E-state index is -0.352. The zero-order valence-corrected chi connectivity index (χ0v) is 11.3. The summed E-state index contributed by atoms with van der Waals surface area (Å²) in [6.07, 6.45) is 5.30. The van der Waals surface area contributed by atoms with Crippen molar-refractivity contribution in [3.63, 3.8) is 0 Å². The highest BCUT2D eigenvalue weighted by Gasteiger charge is 2.15. The highest BCUT2D eigenvalue weighted by atomic mass is 16.5. The molecule has 0 radical (unpaired) electrons. The first-order chi connectivity index (χ1) is 9.72. The Hall–Kier alpha value is -2.62. The molecule has 3 aromatic rings. The van der Waals surface area contributed by atoms with E-state index >= 15 is 0 Å². The molecule has 0 spiro atoms. The van der Waals surface area contributed by atoms with Gasteiger partial charge in [0.1, 0.15) is 0 Å². The number of nitrogens with zero attached hydrogens (tertiary/aromatic N) is 2. The number of fused-ring (bicyclic) bond motifs is 1. The lowest BCUT2D eigenvalue weighted by molar-refractivity contribution is 0.0601. The first-order valence-corrected chi connectivity index (χ1v) is 6.29. The summed E-state index contributed by atoms with van der Waals surface area (Å²) >= 11 is 0. The van der Waals surface area contributed by atoms with Gasteiger partial charge in [-0.2, -0.15) is 0 Å². The van der Waals surface area contributed by atoms with Crippen molar-refractivity contribution in [2.75, 3.05) is 7.11 Å². The quantitative estimate of drug-likeness (QED) is 0.670. The molecule has 0 saturated heterocycles. The van der Waals surface area contributed by atoms with Gasteiger partial charge in [-0.25, -0.2) is 4.79 Å². The van der Waals surface area contributed by atoms with E-state index in [-0.39, 0.29) is 5.97 Å². The minimum absolute atomic E-state index is 0.352. The van der Waals surface area contributed by atoms with Crippen LogP contribution in [0.1, 0.15) is 10.4 Å². The van der Waals surface area contributed by atoms with Crippen LogP contribution in [0.15, 0.2) is 48.9 Å². The Morgan fingerprint density at radius 2 is 2.05 bits per heavy atom. The molecule has 0 amide bonds. The highest BCUT2D eigenvalue weighted by molar-refractivity contribution is 6.03. The monoisotopic (exact) mass is 266 g/mol. The summed E-state index contributed by atoms with van der Waals surface area (Å²) in [4.78, 5) is 16.0. The Kier molecular flexibility index (Phi) is 2.99. The van der Waals surface area contributed by atoms with E-state index in [2.05, 4.69) is 4.98 Å². The maximum atomic E-state index is 11.9. The fourth-order valence-corrected chi connectivity index (χ4v) is 2.43. The normalized spacial score (nSPS) is 10.7. The van der Waals surface area contributed by atoms with Gasteiger partial charge in [-0.3, -0.25) is 4.98 Å². The van der Waals surface area contributed by atoms with Gasteiger partial charge in [0.15, 0.2) is 0 Å². The minimum Gasteiger partial charge on any atom is -0.465 e. The van der Waals surface area contributed by atoms with Crippen LogP contribution in [-0.4, -0.2) is 22.6 Å². The number of esters is 1. The second kappa shape index (κ2) is 4.81. The largest absolute Gasteiger partial charge is 0.465 e. The number of methoxy groups -OCH3 is 1. The van der Waals surface area contributed by atoms with Crippen molar-refractivity contribution in [1.82, 2.24) is 9.55 Å². The number of hydrogen-bond donors (Lipinski definition) is 0. The van der Waals surface area contributed by atoms with Gasteiger partial charge >= 0.3 is 5.97 Å². The highest BCUT2D eigenvalue weighted by Crippen LogP contribution is 2.31. The van der Waals surface area contributed by atoms with E-state index in [1.807, 2.05) is 42.1 Å². The number of pyridine rings is 1. The zero-order valence-electron chi connectivity index (χ0n) is 11.3. The molecule has 0 unspecified atom stereocenters. The lowest BCUT2D eigenvalue weighted by atomic mass is 9.99. The molecule has 1 aromatic carbocycles. The standard InChI is InChI=1S/C16H14N2O2/c1-18-9-7-12-11(4-3-5-15(12)18)14-10-17-8-6-13(14)16(19)20-2/h3-10H,1-2H3. The molecule has 0 fully saturated rings. The number of carbonyl (C=O) groups excluding carboxylic acids is 1. The molecule has 0 aliphatic heterocycles. The van der Waals surface area contributed by atoms with Crippen molar-refractivity contribution in [3.8, 4) is 11.1 Å². The van der Waals surface area contributed by atoms with Crippen LogP contribution in [0.2, 0.25) is 0 Å². The van der Waals surface area contributed by atoms with E-state index in [1.54, 1.807) is 18.5 Å². The van der Waals surface area contributed by atoms with Crippen molar-refractivity contribution in [3.05, 3.63) is 54.5 Å². The molecule has 3 rings (SSSR count). The third kappa shape index (κ3) is 1.86. The zero-order chi connectivity index (χ0) is 14.1. The maximum absolute atomic E-state index is 11.9. The number of carbonyl (C=O) groups is 1. The van der Waals surface area contributed by atoms with Crippen LogP contribution >= 0.6 is 0 Å². The molecule has 0 bridgehead atoms. The van der Waals surface area contributed by atoms with Crippen LogP contribution in [0.5, 0.6) is 0 Å². The lowest BCUT2D eigenvalue weighted by Gasteiger charge is -2.09. The topological polar surface area (TPSA) is 44.1 Å². The Bertz CT molecular complexity index is 790. The van der Waals surface area contributed by atoms with E-state index in [0.29, 0.717) is 5.56 Å². The average molecular weight is 266 g/mol. The predicted molar refractivity (Wildman–Crippen MR) is 77.5 cm³/mol. The summed E-state index contributed by atoms with van der Waals surface area (Å²) in [6, 6.07) is 9.74. The van der Waals surface area contributed by atoms with E-state index in [4.69, 9.17) is 4.74 Å². The number of aromatic nitrogens is 2. The van der Waals surface area contributed by atoms with Crippen LogP contribution in [0.3, 0.4) is 0 Å². The molecule has 0 saturated carbocycles. The van der Waals surface area contributed by atoms with Gasteiger partial charge in [-0.15, -0.1) is 0 Å². The second-order valence-corrected chi connectivity index (χ2v) is 4.58. The van der Waals surface area contributed by atoms with Gasteiger partial charge in [0.05, 0.1) is 12.7 Å². The van der Waals surface area contributed by atoms with Crippen LogP contribution in [0, 0.1) is 0 Å². The molecule has 2 aromatic heterocycles. The molecular formula is C16H14N2O2. The number of ether oxygens (including phenoxy) is 1.